The summed E-state index contributed by atoms with van der Waals surface area (Å²) in [6, 6.07) is 0. The van der Waals surface area contributed by atoms with Crippen LogP contribution in [0.3, 0.4) is 0 Å². The molecular weight excluding hydrogens is 1400 g/mol. The Morgan fingerprint density at radius 1 is 0.169 bits per heavy atom. The fraction of sp³-hybridized carbons (Fsp3) is 0.500. The average Bonchev–Trinajstić information content (AvgIpc) is 3.01. The van der Waals surface area contributed by atoms with Crippen LogP contribution in [0.4, 0.5) is 0 Å². The SMILES string of the molecule is O=C(O)CC(O)(CC(=O)O)C(=O)O.O=C(O)CC(O)(CC(=O)O)C(=O)O.O=C(O)CC(O)(CC(=O)O)C(=O)O.O=C(O)CC(O)(CC(=O)O)C(=O)O.O=C(O)CC(O)(CC(=O)O)C(=O)O.[Ca+2].[Ca+2].[Ca+2].[Ca+2].[Ca+2].[Ca+2].[Ca+2].[Ca+2].[Ca+2].[Ca+2].[Ca+2].[Ca+2]. The second-order valence-corrected chi connectivity index (χ2v) is 12.4. The van der Waals surface area contributed by atoms with E-state index < -0.39 is 182 Å². The van der Waals surface area contributed by atoms with Crippen LogP contribution in [-0.4, -0.2) is 673 Å². The standard InChI is InChI=1S/5C6H8O7.12Ca/c5*7-3(8)1-6(13,5(11)12)2-4(9)10;;;;;;;;;;;;/h5*13H,1-2H2,(H,7,8)(H,9,10)(H,11,12);;;;;;;;;;;;/q;;;;;12*+2. The number of hydrogen-bond acceptors (Lipinski definition) is 20. The number of carbonyl (C=O) groups is 15. The average molecular weight is 1440 g/mol. The van der Waals surface area contributed by atoms with E-state index in [2.05, 4.69) is 0 Å². The van der Waals surface area contributed by atoms with Gasteiger partial charge in [-0.3, -0.25) is 47.9 Å². The third-order valence-corrected chi connectivity index (χ3v) is 6.43. The summed E-state index contributed by atoms with van der Waals surface area (Å²) in [5, 5.41) is 169. The molecule has 0 spiro atoms. The Balaban J connectivity index is -0.0000000375. The Kier molecular flexibility index (Phi) is 110. The third kappa shape index (κ3) is 71.9. The van der Waals surface area contributed by atoms with Gasteiger partial charge in [0.15, 0.2) is 28.0 Å². The largest absolute Gasteiger partial charge is 2.00 e. The summed E-state index contributed by atoms with van der Waals surface area (Å²) < 4.78 is 0. The van der Waals surface area contributed by atoms with Crippen LogP contribution < -0.4 is 0 Å². The first-order valence-electron chi connectivity index (χ1n) is 15.9. The molecule has 0 amide bonds. The van der Waals surface area contributed by atoms with E-state index in [-0.39, 0.29) is 453 Å². The summed E-state index contributed by atoms with van der Waals surface area (Å²) in [4.78, 5) is 152. The molecule has 77 heavy (non-hydrogen) atoms. The van der Waals surface area contributed by atoms with E-state index in [4.69, 9.17) is 102 Å². The van der Waals surface area contributed by atoms with Crippen LogP contribution in [0.1, 0.15) is 64.2 Å². The van der Waals surface area contributed by atoms with Crippen molar-refractivity contribution < 1.29 is 174 Å². The molecular formula is C30H40Ca12O35+24. The first-order valence-corrected chi connectivity index (χ1v) is 15.9. The molecule has 370 valence electrons. The maximum absolute atomic E-state index is 10.3. The van der Waals surface area contributed by atoms with Crippen LogP contribution >= 0.6 is 0 Å². The Labute approximate surface area is 789 Å². The van der Waals surface area contributed by atoms with Gasteiger partial charge in [-0.05, 0) is 0 Å². The van der Waals surface area contributed by atoms with E-state index in [1.807, 2.05) is 0 Å². The van der Waals surface area contributed by atoms with Gasteiger partial charge >= 0.3 is 542 Å². The molecule has 0 aliphatic carbocycles. The second-order valence-electron chi connectivity index (χ2n) is 12.4. The fourth-order valence-electron chi connectivity index (χ4n) is 3.57. The zero-order valence-corrected chi connectivity index (χ0v) is 67.1. The molecule has 0 aliphatic heterocycles. The minimum absolute atomic E-state index is 0. The van der Waals surface area contributed by atoms with E-state index >= 15 is 0 Å². The quantitative estimate of drug-likeness (QED) is 0.0377. The topological polar surface area (TPSA) is 661 Å². The third-order valence-electron chi connectivity index (χ3n) is 6.43. The first kappa shape index (κ1) is 129. The van der Waals surface area contributed by atoms with Crippen molar-refractivity contribution in [3.05, 3.63) is 0 Å². The predicted octanol–water partition coefficient (Wildman–Crippen LogP) is -10.8. The minimum Gasteiger partial charge on any atom is -0.481 e. The monoisotopic (exact) mass is 1440 g/mol. The Hall–Kier alpha value is 6.97. The van der Waals surface area contributed by atoms with E-state index in [1.54, 1.807) is 0 Å². The molecule has 0 atom stereocenters. The van der Waals surface area contributed by atoms with Crippen LogP contribution in [0, 0.1) is 0 Å². The van der Waals surface area contributed by atoms with Gasteiger partial charge in [0, 0.05) is 0 Å². The van der Waals surface area contributed by atoms with Crippen LogP contribution in [-0.2, 0) is 71.9 Å². The predicted molar refractivity (Wildman–Crippen MR) is 255 cm³/mol. The molecule has 0 aromatic heterocycles. The van der Waals surface area contributed by atoms with Gasteiger partial charge in [-0.2, -0.15) is 0 Å². The summed E-state index contributed by atoms with van der Waals surface area (Å²) >= 11 is 0. The molecule has 0 aromatic carbocycles. The first-order chi connectivity index (χ1) is 28.9. The van der Waals surface area contributed by atoms with Gasteiger partial charge < -0.3 is 102 Å². The molecule has 20 N–H and O–H groups in total. The van der Waals surface area contributed by atoms with Crippen LogP contribution in [0.25, 0.3) is 0 Å². The van der Waals surface area contributed by atoms with E-state index in [0.29, 0.717) is 0 Å². The van der Waals surface area contributed by atoms with Crippen LogP contribution in [0.5, 0.6) is 0 Å². The zero-order valence-electron chi connectivity index (χ0n) is 40.6. The van der Waals surface area contributed by atoms with Gasteiger partial charge in [-0.1, -0.05) is 0 Å². The molecule has 47 heteroatoms. The van der Waals surface area contributed by atoms with Gasteiger partial charge in [0.2, 0.25) is 0 Å². The normalized spacial score (nSPS) is 9.16. The molecule has 0 heterocycles. The fourth-order valence-corrected chi connectivity index (χ4v) is 3.57. The summed E-state index contributed by atoms with van der Waals surface area (Å²) in [5.74, 6) is -25.1. The van der Waals surface area contributed by atoms with Gasteiger partial charge in [0.05, 0.1) is 64.2 Å². The number of carboxylic acids is 15. The van der Waals surface area contributed by atoms with Crippen molar-refractivity contribution in [2.24, 2.45) is 0 Å². The molecule has 0 saturated carbocycles. The number of carboxylic acid groups (broad SMARTS) is 15. The summed E-state index contributed by atoms with van der Waals surface area (Å²) in [6.07, 6.45) is -11.4. The van der Waals surface area contributed by atoms with Crippen molar-refractivity contribution in [2.75, 3.05) is 0 Å². The second kappa shape index (κ2) is 65.9. The van der Waals surface area contributed by atoms with Gasteiger partial charge in [0.1, 0.15) is 0 Å². The molecule has 0 aliphatic rings. The molecule has 0 unspecified atom stereocenters. The van der Waals surface area contributed by atoms with Crippen molar-refractivity contribution >= 4 is 542 Å². The molecule has 35 nitrogen and oxygen atoms in total. The molecule has 0 aromatic rings. The summed E-state index contributed by atoms with van der Waals surface area (Å²) in [6.45, 7) is 0. The summed E-state index contributed by atoms with van der Waals surface area (Å²) in [5.41, 5.74) is -13.7. The van der Waals surface area contributed by atoms with Crippen molar-refractivity contribution in [1.29, 1.82) is 0 Å². The van der Waals surface area contributed by atoms with E-state index in [0.717, 1.165) is 0 Å². The molecule has 0 rings (SSSR count). The van der Waals surface area contributed by atoms with Crippen LogP contribution in [0.2, 0.25) is 0 Å². The minimum atomic E-state index is -2.74. The number of aliphatic hydroxyl groups is 5. The molecule has 0 radical (unpaired) electrons. The number of aliphatic carboxylic acids is 15. The van der Waals surface area contributed by atoms with Gasteiger partial charge in [-0.25, -0.2) is 24.0 Å². The van der Waals surface area contributed by atoms with E-state index in [1.165, 1.54) is 0 Å². The van der Waals surface area contributed by atoms with E-state index in [9.17, 15) is 71.9 Å². The Morgan fingerprint density at radius 2 is 0.221 bits per heavy atom. The Bertz CT molecular complexity index is 1490. The smallest absolute Gasteiger partial charge is 0.481 e. The number of rotatable bonds is 25. The summed E-state index contributed by atoms with van der Waals surface area (Å²) in [7, 11) is 0. The maximum atomic E-state index is 10.3. The van der Waals surface area contributed by atoms with Crippen molar-refractivity contribution in [3.8, 4) is 0 Å². The zero-order chi connectivity index (χ0) is 53.2. The molecule has 0 bridgehead atoms. The van der Waals surface area contributed by atoms with Gasteiger partial charge in [0.25, 0.3) is 0 Å². The van der Waals surface area contributed by atoms with Crippen molar-refractivity contribution in [2.45, 2.75) is 92.2 Å². The Morgan fingerprint density at radius 3 is 0.247 bits per heavy atom. The molecule has 0 saturated heterocycles. The number of hydrogen-bond donors (Lipinski definition) is 20. The van der Waals surface area contributed by atoms with Crippen molar-refractivity contribution in [1.82, 2.24) is 0 Å². The van der Waals surface area contributed by atoms with Crippen molar-refractivity contribution in [3.63, 3.8) is 0 Å². The van der Waals surface area contributed by atoms with Crippen LogP contribution in [0.15, 0.2) is 0 Å². The molecule has 0 fully saturated rings. The maximum Gasteiger partial charge on any atom is 2.00 e. The van der Waals surface area contributed by atoms with Gasteiger partial charge in [-0.15, -0.1) is 0 Å².